The van der Waals surface area contributed by atoms with E-state index in [4.69, 9.17) is 11.5 Å². The third-order valence-electron chi connectivity index (χ3n) is 1.35. The lowest BCUT2D eigenvalue weighted by Gasteiger charge is -2.26. The van der Waals surface area contributed by atoms with Gasteiger partial charge in [-0.05, 0) is 6.08 Å². The molecule has 1 aliphatic carbocycles. The van der Waals surface area contributed by atoms with Gasteiger partial charge in [-0.15, -0.1) is 0 Å². The summed E-state index contributed by atoms with van der Waals surface area (Å²) < 4.78 is 0.394. The Morgan fingerprint density at radius 2 is 2.20 bits per heavy atom. The summed E-state index contributed by atoms with van der Waals surface area (Å²) in [7, 11) is 0. The van der Waals surface area contributed by atoms with E-state index < -0.39 is 4.45 Å². The van der Waals surface area contributed by atoms with Crippen molar-refractivity contribution in [3.8, 4) is 0 Å². The fraction of sp³-hybridized carbons (Fsp3) is 0.333. The lowest BCUT2D eigenvalue weighted by molar-refractivity contribution is 0.659. The molecule has 0 amide bonds. The fourth-order valence-corrected chi connectivity index (χ4v) is 1.35. The van der Waals surface area contributed by atoms with Gasteiger partial charge in [0.05, 0.1) is 6.04 Å². The van der Waals surface area contributed by atoms with Crippen molar-refractivity contribution in [2.45, 2.75) is 10.5 Å². The summed E-state index contributed by atoms with van der Waals surface area (Å²) in [6, 6.07) is -0.174. The van der Waals surface area contributed by atoms with E-state index in [1.54, 1.807) is 0 Å². The van der Waals surface area contributed by atoms with Gasteiger partial charge >= 0.3 is 0 Å². The van der Waals surface area contributed by atoms with E-state index in [0.717, 1.165) is 4.48 Å². The Balaban J connectivity index is 2.84. The van der Waals surface area contributed by atoms with Gasteiger partial charge in [0.2, 0.25) is 0 Å². The maximum atomic E-state index is 5.72. The lowest BCUT2D eigenvalue weighted by Crippen LogP contribution is -2.48. The number of rotatable bonds is 0. The van der Waals surface area contributed by atoms with E-state index in [1.807, 2.05) is 18.2 Å². The minimum absolute atomic E-state index is 0.174. The molecule has 0 fully saturated rings. The molecule has 56 valence electrons. The first-order valence-electron chi connectivity index (χ1n) is 2.82. The van der Waals surface area contributed by atoms with Crippen LogP contribution < -0.4 is 11.5 Å². The number of alkyl halides is 1. The average molecular weight is 268 g/mol. The minimum atomic E-state index is -0.579. The highest BCUT2D eigenvalue weighted by atomic mass is 79.9. The van der Waals surface area contributed by atoms with E-state index >= 15 is 0 Å². The van der Waals surface area contributed by atoms with Gasteiger partial charge in [0, 0.05) is 4.48 Å². The monoisotopic (exact) mass is 266 g/mol. The Morgan fingerprint density at radius 1 is 1.60 bits per heavy atom. The highest BCUT2D eigenvalue weighted by molar-refractivity contribution is 9.12. The first-order chi connectivity index (χ1) is 4.52. The van der Waals surface area contributed by atoms with E-state index in [9.17, 15) is 0 Å². The molecule has 0 aliphatic heterocycles. The summed E-state index contributed by atoms with van der Waals surface area (Å²) in [5.74, 6) is 0. The Morgan fingerprint density at radius 3 is 2.60 bits per heavy atom. The average Bonchev–Trinajstić information content (AvgIpc) is 1.81. The van der Waals surface area contributed by atoms with Gasteiger partial charge in [-0.2, -0.15) is 0 Å². The second-order valence-corrected chi connectivity index (χ2v) is 4.53. The van der Waals surface area contributed by atoms with E-state index in [0.29, 0.717) is 0 Å². The molecule has 10 heavy (non-hydrogen) atoms. The van der Waals surface area contributed by atoms with Crippen molar-refractivity contribution < 1.29 is 0 Å². The topological polar surface area (TPSA) is 52.0 Å². The molecule has 4 N–H and O–H groups in total. The van der Waals surface area contributed by atoms with Gasteiger partial charge in [-0.3, -0.25) is 0 Å². The quantitative estimate of drug-likeness (QED) is 0.512. The molecule has 0 aromatic heterocycles. The molecule has 0 saturated heterocycles. The molecule has 1 rings (SSSR count). The van der Waals surface area contributed by atoms with Crippen LogP contribution in [0.2, 0.25) is 0 Å². The largest absolute Gasteiger partial charge is 0.322 e. The third kappa shape index (κ3) is 1.69. The van der Waals surface area contributed by atoms with Crippen LogP contribution in [0, 0.1) is 0 Å². The second kappa shape index (κ2) is 2.77. The Kier molecular flexibility index (Phi) is 2.34. The van der Waals surface area contributed by atoms with Crippen molar-refractivity contribution in [3.63, 3.8) is 0 Å². The molecular formula is C6H8Br2N2. The van der Waals surface area contributed by atoms with Crippen LogP contribution in [0.25, 0.3) is 0 Å². The van der Waals surface area contributed by atoms with Gasteiger partial charge in [0.1, 0.15) is 4.45 Å². The molecule has 0 heterocycles. The van der Waals surface area contributed by atoms with Crippen LogP contribution in [0.1, 0.15) is 0 Å². The van der Waals surface area contributed by atoms with Crippen LogP contribution in [0.5, 0.6) is 0 Å². The van der Waals surface area contributed by atoms with Crippen LogP contribution in [0.3, 0.4) is 0 Å². The summed E-state index contributed by atoms with van der Waals surface area (Å²) in [5.41, 5.74) is 11.4. The van der Waals surface area contributed by atoms with Gasteiger partial charge in [-0.25, -0.2) is 0 Å². The smallest absolute Gasteiger partial charge is 0.109 e. The lowest BCUT2D eigenvalue weighted by atomic mass is 10.1. The van der Waals surface area contributed by atoms with E-state index in [-0.39, 0.29) is 6.04 Å². The molecule has 4 heteroatoms. The maximum absolute atomic E-state index is 5.72. The highest BCUT2D eigenvalue weighted by Gasteiger charge is 2.26. The zero-order valence-corrected chi connectivity index (χ0v) is 8.39. The number of nitrogens with two attached hydrogens (primary N) is 2. The molecule has 1 aliphatic rings. The van der Waals surface area contributed by atoms with Gasteiger partial charge < -0.3 is 11.5 Å². The van der Waals surface area contributed by atoms with Crippen LogP contribution in [-0.4, -0.2) is 10.5 Å². The summed E-state index contributed by atoms with van der Waals surface area (Å²) in [6.45, 7) is 0. The molecule has 0 aromatic carbocycles. The molecule has 0 aromatic rings. The first kappa shape index (κ1) is 8.46. The predicted molar refractivity (Wildman–Crippen MR) is 50.0 cm³/mol. The number of hydrogen-bond acceptors (Lipinski definition) is 2. The first-order valence-corrected chi connectivity index (χ1v) is 4.41. The molecular weight excluding hydrogens is 260 g/mol. The van der Waals surface area contributed by atoms with Gasteiger partial charge in [0.15, 0.2) is 0 Å². The summed E-state index contributed by atoms with van der Waals surface area (Å²) in [5, 5.41) is 0. The number of allylic oxidation sites excluding steroid dienone is 2. The van der Waals surface area contributed by atoms with Crippen LogP contribution in [-0.2, 0) is 0 Å². The van der Waals surface area contributed by atoms with Crippen molar-refractivity contribution in [2.24, 2.45) is 11.5 Å². The zero-order valence-electron chi connectivity index (χ0n) is 5.22. The van der Waals surface area contributed by atoms with Crippen molar-refractivity contribution >= 4 is 31.9 Å². The third-order valence-corrected chi connectivity index (χ3v) is 2.67. The molecule has 2 nitrogen and oxygen atoms in total. The van der Waals surface area contributed by atoms with Gasteiger partial charge in [-0.1, -0.05) is 44.0 Å². The molecule has 0 spiro atoms. The summed E-state index contributed by atoms with van der Waals surface area (Å²) in [6.07, 6.45) is 5.55. The predicted octanol–water partition coefficient (Wildman–Crippen LogP) is 1.21. The van der Waals surface area contributed by atoms with Crippen molar-refractivity contribution in [2.75, 3.05) is 0 Å². The molecule has 0 radical (unpaired) electrons. The van der Waals surface area contributed by atoms with Crippen LogP contribution in [0.4, 0.5) is 0 Å². The summed E-state index contributed by atoms with van der Waals surface area (Å²) >= 11 is 6.58. The number of hydrogen-bond donors (Lipinski definition) is 2. The Labute approximate surface area is 76.6 Å². The minimum Gasteiger partial charge on any atom is -0.322 e. The zero-order chi connectivity index (χ0) is 7.78. The fourth-order valence-electron chi connectivity index (χ4n) is 0.673. The standard InChI is InChI=1S/C6H8Br2N2/c7-4-1-2-6(8,10)5(9)3-4/h1-3,5H,9-10H2. The highest BCUT2D eigenvalue weighted by Crippen LogP contribution is 2.25. The molecule has 2 unspecified atom stereocenters. The SMILES string of the molecule is NC1C=C(Br)C=CC1(N)Br. The molecule has 2 atom stereocenters. The molecule has 0 bridgehead atoms. The Hall–Kier alpha value is 0.360. The Bertz CT molecular complexity index is 196. The normalized spacial score (nSPS) is 39.6. The van der Waals surface area contributed by atoms with Crippen LogP contribution >= 0.6 is 31.9 Å². The molecule has 0 saturated carbocycles. The summed E-state index contributed by atoms with van der Waals surface area (Å²) in [4.78, 5) is 0. The van der Waals surface area contributed by atoms with Crippen molar-refractivity contribution in [1.82, 2.24) is 0 Å². The van der Waals surface area contributed by atoms with Crippen LogP contribution in [0.15, 0.2) is 22.7 Å². The van der Waals surface area contributed by atoms with Crippen molar-refractivity contribution in [1.29, 1.82) is 0 Å². The van der Waals surface area contributed by atoms with E-state index in [1.165, 1.54) is 0 Å². The number of halogens is 2. The van der Waals surface area contributed by atoms with Crippen molar-refractivity contribution in [3.05, 3.63) is 22.7 Å². The second-order valence-electron chi connectivity index (χ2n) is 2.24. The van der Waals surface area contributed by atoms with Gasteiger partial charge in [0.25, 0.3) is 0 Å². The van der Waals surface area contributed by atoms with E-state index in [2.05, 4.69) is 31.9 Å². The maximum Gasteiger partial charge on any atom is 0.109 e.